The third-order valence-corrected chi connectivity index (χ3v) is 2.23. The van der Waals surface area contributed by atoms with Crippen LogP contribution in [0.4, 0.5) is 0 Å². The van der Waals surface area contributed by atoms with E-state index in [1.165, 1.54) is 0 Å². The van der Waals surface area contributed by atoms with E-state index in [-0.39, 0.29) is 0 Å². The van der Waals surface area contributed by atoms with Crippen LogP contribution in [0, 0.1) is 11.3 Å². The van der Waals surface area contributed by atoms with Gasteiger partial charge in [0.25, 0.3) is 0 Å². The van der Waals surface area contributed by atoms with Crippen molar-refractivity contribution in [3.8, 4) is 6.07 Å². The van der Waals surface area contributed by atoms with E-state index in [1.54, 1.807) is 0 Å². The predicted octanol–water partition coefficient (Wildman–Crippen LogP) is 1.50. The first-order chi connectivity index (χ1) is 6.85. The maximum atomic E-state index is 8.86. The van der Waals surface area contributed by atoms with E-state index in [0.717, 1.165) is 5.56 Å². The number of benzene rings is 1. The van der Waals surface area contributed by atoms with Gasteiger partial charge in [-0.25, -0.2) is 0 Å². The van der Waals surface area contributed by atoms with Crippen molar-refractivity contribution in [1.29, 1.82) is 5.26 Å². The lowest BCUT2D eigenvalue weighted by Crippen LogP contribution is -2.50. The molecule has 0 N–H and O–H groups in total. The topological polar surface area (TPSA) is 42.2 Å². The zero-order chi connectivity index (χ0) is 9.86. The fourth-order valence-corrected chi connectivity index (χ4v) is 1.26. The van der Waals surface area contributed by atoms with E-state index in [4.69, 9.17) is 14.7 Å². The molecular formula is C11H11NO2. The highest BCUT2D eigenvalue weighted by Gasteiger charge is 2.40. The predicted molar refractivity (Wildman–Crippen MR) is 50.4 cm³/mol. The van der Waals surface area contributed by atoms with E-state index in [1.807, 2.05) is 30.3 Å². The Labute approximate surface area is 82.9 Å². The zero-order valence-corrected chi connectivity index (χ0v) is 7.77. The highest BCUT2D eigenvalue weighted by atomic mass is 16.6. The van der Waals surface area contributed by atoms with Gasteiger partial charge in [-0.1, -0.05) is 30.3 Å². The maximum Gasteiger partial charge on any atom is 0.200 e. The molecule has 0 bridgehead atoms. The van der Waals surface area contributed by atoms with Crippen molar-refractivity contribution < 1.29 is 9.47 Å². The summed E-state index contributed by atoms with van der Waals surface area (Å²) < 4.78 is 10.5. The Hall–Kier alpha value is -1.37. The lowest BCUT2D eigenvalue weighted by Gasteiger charge is -2.34. The average molecular weight is 189 g/mol. The van der Waals surface area contributed by atoms with Crippen LogP contribution in [0.25, 0.3) is 0 Å². The molecule has 1 aliphatic heterocycles. The normalized spacial score (nSPS) is 18.2. The molecule has 0 saturated carbocycles. The molecule has 72 valence electrons. The fourth-order valence-electron chi connectivity index (χ4n) is 1.26. The molecule has 14 heavy (non-hydrogen) atoms. The van der Waals surface area contributed by atoms with Crippen molar-refractivity contribution in [2.75, 3.05) is 13.2 Å². The van der Waals surface area contributed by atoms with Crippen molar-refractivity contribution >= 4 is 0 Å². The molecule has 1 aromatic rings. The number of ether oxygens (including phenoxy) is 2. The molecule has 1 aromatic carbocycles. The summed E-state index contributed by atoms with van der Waals surface area (Å²) in [5.74, 6) is 0. The van der Waals surface area contributed by atoms with E-state index < -0.39 is 5.60 Å². The zero-order valence-electron chi connectivity index (χ0n) is 7.77. The van der Waals surface area contributed by atoms with Gasteiger partial charge in [-0.3, -0.25) is 0 Å². The van der Waals surface area contributed by atoms with Crippen molar-refractivity contribution in [2.24, 2.45) is 0 Å². The summed E-state index contributed by atoms with van der Waals surface area (Å²) in [6.45, 7) is 1.24. The summed E-state index contributed by atoms with van der Waals surface area (Å²) >= 11 is 0. The van der Waals surface area contributed by atoms with Gasteiger partial charge in [-0.2, -0.15) is 5.26 Å². The van der Waals surface area contributed by atoms with Crippen LogP contribution in [-0.2, 0) is 16.1 Å². The molecular weight excluding hydrogens is 178 g/mol. The molecule has 1 fully saturated rings. The van der Waals surface area contributed by atoms with Crippen LogP contribution < -0.4 is 0 Å². The van der Waals surface area contributed by atoms with Crippen LogP contribution in [0.2, 0.25) is 0 Å². The van der Waals surface area contributed by atoms with E-state index in [0.29, 0.717) is 19.8 Å². The SMILES string of the molecule is N#CC1(OCc2ccccc2)COC1. The highest BCUT2D eigenvalue weighted by molar-refractivity contribution is 5.15. The van der Waals surface area contributed by atoms with Gasteiger partial charge in [0.05, 0.1) is 19.8 Å². The van der Waals surface area contributed by atoms with Crippen LogP contribution in [0.5, 0.6) is 0 Å². The van der Waals surface area contributed by atoms with Crippen LogP contribution in [0.1, 0.15) is 5.56 Å². The molecule has 1 aliphatic rings. The quantitative estimate of drug-likeness (QED) is 0.723. The summed E-state index contributed by atoms with van der Waals surface area (Å²) in [4.78, 5) is 0. The molecule has 3 heteroatoms. The monoisotopic (exact) mass is 189 g/mol. The van der Waals surface area contributed by atoms with Crippen LogP contribution >= 0.6 is 0 Å². The molecule has 2 rings (SSSR count). The highest BCUT2D eigenvalue weighted by Crippen LogP contribution is 2.22. The summed E-state index contributed by atoms with van der Waals surface area (Å²) in [7, 11) is 0. The Kier molecular flexibility index (Phi) is 2.49. The first kappa shape index (κ1) is 9.20. The lowest BCUT2D eigenvalue weighted by atomic mass is 10.0. The third kappa shape index (κ3) is 1.77. The first-order valence-corrected chi connectivity index (χ1v) is 4.52. The largest absolute Gasteiger partial charge is 0.373 e. The molecule has 0 aliphatic carbocycles. The van der Waals surface area contributed by atoms with E-state index >= 15 is 0 Å². The Balaban J connectivity index is 1.92. The van der Waals surface area contributed by atoms with Crippen molar-refractivity contribution in [3.63, 3.8) is 0 Å². The molecule has 0 amide bonds. The summed E-state index contributed by atoms with van der Waals surface area (Å²) in [6.07, 6.45) is 0. The lowest BCUT2D eigenvalue weighted by molar-refractivity contribution is -0.181. The first-order valence-electron chi connectivity index (χ1n) is 4.52. The molecule has 3 nitrogen and oxygen atoms in total. The van der Waals surface area contributed by atoms with E-state index in [2.05, 4.69) is 6.07 Å². The second-order valence-corrected chi connectivity index (χ2v) is 3.37. The van der Waals surface area contributed by atoms with Crippen molar-refractivity contribution in [3.05, 3.63) is 35.9 Å². The minimum Gasteiger partial charge on any atom is -0.373 e. The Morgan fingerprint density at radius 1 is 1.36 bits per heavy atom. The summed E-state index contributed by atoms with van der Waals surface area (Å²) in [6, 6.07) is 12.0. The molecule has 1 heterocycles. The maximum absolute atomic E-state index is 8.86. The standard InChI is InChI=1S/C11H11NO2/c12-7-11(8-13-9-11)14-6-10-4-2-1-3-5-10/h1-5H,6,8-9H2. The third-order valence-electron chi connectivity index (χ3n) is 2.23. The van der Waals surface area contributed by atoms with Crippen LogP contribution in [0.3, 0.4) is 0 Å². The van der Waals surface area contributed by atoms with Gasteiger partial charge in [0.15, 0.2) is 0 Å². The summed E-state index contributed by atoms with van der Waals surface area (Å²) in [5, 5.41) is 8.86. The van der Waals surface area contributed by atoms with Gasteiger partial charge >= 0.3 is 0 Å². The van der Waals surface area contributed by atoms with Gasteiger partial charge < -0.3 is 9.47 Å². The van der Waals surface area contributed by atoms with Gasteiger partial charge in [-0.15, -0.1) is 0 Å². The average Bonchev–Trinajstić information content (AvgIpc) is 2.19. The number of nitrogens with zero attached hydrogens (tertiary/aromatic N) is 1. The van der Waals surface area contributed by atoms with Crippen LogP contribution in [-0.4, -0.2) is 18.8 Å². The number of nitriles is 1. The van der Waals surface area contributed by atoms with Gasteiger partial charge in [0.1, 0.15) is 6.07 Å². The molecule has 0 unspecified atom stereocenters. The number of hydrogen-bond acceptors (Lipinski definition) is 3. The Morgan fingerprint density at radius 3 is 2.57 bits per heavy atom. The number of hydrogen-bond donors (Lipinski definition) is 0. The smallest absolute Gasteiger partial charge is 0.200 e. The van der Waals surface area contributed by atoms with E-state index in [9.17, 15) is 0 Å². The second kappa shape index (κ2) is 3.79. The van der Waals surface area contributed by atoms with Crippen molar-refractivity contribution in [2.45, 2.75) is 12.2 Å². The van der Waals surface area contributed by atoms with Crippen LogP contribution in [0.15, 0.2) is 30.3 Å². The Morgan fingerprint density at radius 2 is 2.07 bits per heavy atom. The molecule has 0 atom stereocenters. The number of rotatable bonds is 3. The molecule has 0 radical (unpaired) electrons. The minimum atomic E-state index is -0.699. The van der Waals surface area contributed by atoms with Gasteiger partial charge in [0.2, 0.25) is 5.60 Å². The second-order valence-electron chi connectivity index (χ2n) is 3.37. The molecule has 0 aromatic heterocycles. The minimum absolute atomic E-state index is 0.385. The molecule has 0 spiro atoms. The fraction of sp³-hybridized carbons (Fsp3) is 0.364. The van der Waals surface area contributed by atoms with Gasteiger partial charge in [-0.05, 0) is 5.56 Å². The molecule has 1 saturated heterocycles. The van der Waals surface area contributed by atoms with Gasteiger partial charge in [0, 0.05) is 0 Å². The summed E-state index contributed by atoms with van der Waals surface area (Å²) in [5.41, 5.74) is 0.379. The Bertz CT molecular complexity index is 338. The van der Waals surface area contributed by atoms with Crippen molar-refractivity contribution in [1.82, 2.24) is 0 Å².